The quantitative estimate of drug-likeness (QED) is 0.846. The van der Waals surface area contributed by atoms with Crippen LogP contribution in [0.4, 0.5) is 0 Å². The van der Waals surface area contributed by atoms with Crippen LogP contribution >= 0.6 is 0 Å². The molecule has 4 nitrogen and oxygen atoms in total. The van der Waals surface area contributed by atoms with Crippen molar-refractivity contribution in [1.82, 2.24) is 14.8 Å². The molecule has 1 aromatic heterocycles. The van der Waals surface area contributed by atoms with Crippen LogP contribution in [0, 0.1) is 0 Å². The first-order chi connectivity index (χ1) is 8.45. The zero-order chi connectivity index (χ0) is 13.8. The molecule has 0 aromatic carbocycles. The molecule has 1 aromatic rings. The first-order valence-corrected chi connectivity index (χ1v) is 7.10. The van der Waals surface area contributed by atoms with Gasteiger partial charge in [0.2, 0.25) is 0 Å². The topological polar surface area (TPSA) is 56.7 Å². The van der Waals surface area contributed by atoms with E-state index >= 15 is 0 Å². The van der Waals surface area contributed by atoms with Crippen LogP contribution in [0.5, 0.6) is 0 Å². The number of nitrogens with two attached hydrogens (primary N) is 1. The molecule has 1 atom stereocenters. The first-order valence-electron chi connectivity index (χ1n) is 7.10. The predicted octanol–water partition coefficient (Wildman–Crippen LogP) is 3.18. The summed E-state index contributed by atoms with van der Waals surface area (Å²) in [6.07, 6.45) is 4.77. The molecule has 0 bridgehead atoms. The number of hydrogen-bond donors (Lipinski definition) is 1. The summed E-state index contributed by atoms with van der Waals surface area (Å²) >= 11 is 0. The molecule has 18 heavy (non-hydrogen) atoms. The number of hydrogen-bond acceptors (Lipinski definition) is 3. The van der Waals surface area contributed by atoms with Gasteiger partial charge in [0.15, 0.2) is 0 Å². The van der Waals surface area contributed by atoms with Crippen molar-refractivity contribution >= 4 is 0 Å². The van der Waals surface area contributed by atoms with Gasteiger partial charge in [-0.25, -0.2) is 0 Å². The first kappa shape index (κ1) is 15.2. The normalized spacial score (nSPS) is 13.9. The average Bonchev–Trinajstić information content (AvgIpc) is 2.73. The lowest BCUT2D eigenvalue weighted by molar-refractivity contribution is 0.353. The van der Waals surface area contributed by atoms with E-state index in [1.807, 2.05) is 0 Å². The highest BCUT2D eigenvalue weighted by atomic mass is 15.3. The van der Waals surface area contributed by atoms with Gasteiger partial charge in [-0.2, -0.15) is 0 Å². The summed E-state index contributed by atoms with van der Waals surface area (Å²) < 4.78 is 2.23. The number of unbranched alkanes of at least 4 members (excludes halogenated alkanes) is 1. The van der Waals surface area contributed by atoms with E-state index in [9.17, 15) is 0 Å². The molecule has 0 saturated heterocycles. The molecule has 0 spiro atoms. The van der Waals surface area contributed by atoms with Gasteiger partial charge in [-0.1, -0.05) is 26.7 Å². The van der Waals surface area contributed by atoms with Crippen molar-refractivity contribution in [2.24, 2.45) is 5.73 Å². The van der Waals surface area contributed by atoms with Crippen LogP contribution in [0.25, 0.3) is 0 Å². The van der Waals surface area contributed by atoms with E-state index in [0.29, 0.717) is 12.5 Å². The van der Waals surface area contributed by atoms with Gasteiger partial charge in [0, 0.05) is 11.5 Å². The van der Waals surface area contributed by atoms with Gasteiger partial charge in [0.05, 0.1) is 6.54 Å². The van der Waals surface area contributed by atoms with Gasteiger partial charge in [0.25, 0.3) is 0 Å². The molecule has 1 unspecified atom stereocenters. The maximum atomic E-state index is 5.78. The largest absolute Gasteiger partial charge is 0.324 e. The van der Waals surface area contributed by atoms with Crippen molar-refractivity contribution in [3.8, 4) is 0 Å². The molecule has 4 heteroatoms. The standard InChI is InChI=1S/C14H28N4/c1-6-8-9-11(7-2)13-17-16-12(10-15)18(13)14(3,4)5/h11H,6-10,15H2,1-5H3. The van der Waals surface area contributed by atoms with Gasteiger partial charge in [-0.3, -0.25) is 0 Å². The summed E-state index contributed by atoms with van der Waals surface area (Å²) in [5, 5.41) is 8.68. The third-order valence-corrected chi connectivity index (χ3v) is 3.37. The molecule has 0 amide bonds. The molecule has 0 fully saturated rings. The maximum Gasteiger partial charge on any atom is 0.147 e. The second kappa shape index (κ2) is 6.32. The van der Waals surface area contributed by atoms with Gasteiger partial charge in [-0.05, 0) is 33.6 Å². The Hall–Kier alpha value is -0.900. The summed E-state index contributed by atoms with van der Waals surface area (Å²) in [5.74, 6) is 2.50. The second-order valence-electron chi connectivity index (χ2n) is 5.93. The summed E-state index contributed by atoms with van der Waals surface area (Å²) in [6, 6.07) is 0. The van der Waals surface area contributed by atoms with E-state index in [1.54, 1.807) is 0 Å². The highest BCUT2D eigenvalue weighted by Crippen LogP contribution is 2.29. The van der Waals surface area contributed by atoms with E-state index < -0.39 is 0 Å². The van der Waals surface area contributed by atoms with Crippen molar-refractivity contribution < 1.29 is 0 Å². The van der Waals surface area contributed by atoms with Gasteiger partial charge < -0.3 is 10.3 Å². The Morgan fingerprint density at radius 2 is 1.89 bits per heavy atom. The SMILES string of the molecule is CCCCC(CC)c1nnc(CN)n1C(C)(C)C. The van der Waals surface area contributed by atoms with Crippen molar-refractivity contribution in [1.29, 1.82) is 0 Å². The molecule has 0 aliphatic carbocycles. The summed E-state index contributed by atoms with van der Waals surface area (Å²) in [6.45, 7) is 11.5. The third kappa shape index (κ3) is 3.31. The average molecular weight is 252 g/mol. The summed E-state index contributed by atoms with van der Waals surface area (Å²) in [4.78, 5) is 0. The van der Waals surface area contributed by atoms with Crippen LogP contribution in [0.1, 0.15) is 77.9 Å². The van der Waals surface area contributed by atoms with Gasteiger partial charge >= 0.3 is 0 Å². The fraction of sp³-hybridized carbons (Fsp3) is 0.857. The van der Waals surface area contributed by atoms with Gasteiger partial charge in [0.1, 0.15) is 11.6 Å². The fourth-order valence-electron chi connectivity index (χ4n) is 2.42. The second-order valence-corrected chi connectivity index (χ2v) is 5.93. The van der Waals surface area contributed by atoms with Crippen LogP contribution in [0.3, 0.4) is 0 Å². The zero-order valence-corrected chi connectivity index (χ0v) is 12.5. The minimum Gasteiger partial charge on any atom is -0.324 e. The molecule has 1 rings (SSSR count). The third-order valence-electron chi connectivity index (χ3n) is 3.37. The van der Waals surface area contributed by atoms with E-state index in [0.717, 1.165) is 18.1 Å². The van der Waals surface area contributed by atoms with Crippen molar-refractivity contribution in [3.05, 3.63) is 11.6 Å². The Morgan fingerprint density at radius 3 is 2.33 bits per heavy atom. The summed E-state index contributed by atoms with van der Waals surface area (Å²) in [7, 11) is 0. The van der Waals surface area contributed by atoms with Gasteiger partial charge in [-0.15, -0.1) is 10.2 Å². The minimum absolute atomic E-state index is 0.00677. The Morgan fingerprint density at radius 1 is 1.22 bits per heavy atom. The molecular formula is C14H28N4. The molecule has 2 N–H and O–H groups in total. The van der Waals surface area contributed by atoms with Crippen LogP contribution in [-0.4, -0.2) is 14.8 Å². The maximum absolute atomic E-state index is 5.78. The summed E-state index contributed by atoms with van der Waals surface area (Å²) in [5.41, 5.74) is 5.77. The Kier molecular flexibility index (Phi) is 5.32. The van der Waals surface area contributed by atoms with Crippen LogP contribution < -0.4 is 5.73 Å². The molecule has 1 heterocycles. The van der Waals surface area contributed by atoms with Crippen LogP contribution in [-0.2, 0) is 12.1 Å². The lowest BCUT2D eigenvalue weighted by atomic mass is 9.97. The Bertz CT molecular complexity index is 362. The fourth-order valence-corrected chi connectivity index (χ4v) is 2.42. The van der Waals surface area contributed by atoms with E-state index in [1.165, 1.54) is 19.3 Å². The number of aromatic nitrogens is 3. The van der Waals surface area contributed by atoms with E-state index in [-0.39, 0.29) is 5.54 Å². The Balaban J connectivity index is 3.10. The number of nitrogens with zero attached hydrogens (tertiary/aromatic N) is 3. The molecule has 0 radical (unpaired) electrons. The monoisotopic (exact) mass is 252 g/mol. The van der Waals surface area contributed by atoms with Crippen molar-refractivity contribution in [2.75, 3.05) is 0 Å². The molecule has 104 valence electrons. The van der Waals surface area contributed by atoms with E-state index in [2.05, 4.69) is 49.4 Å². The van der Waals surface area contributed by atoms with Crippen molar-refractivity contribution in [2.45, 2.75) is 78.3 Å². The minimum atomic E-state index is -0.00677. The smallest absolute Gasteiger partial charge is 0.147 e. The predicted molar refractivity (Wildman–Crippen MR) is 75.5 cm³/mol. The molecule has 0 saturated carbocycles. The lowest BCUT2D eigenvalue weighted by Crippen LogP contribution is -2.28. The molecule has 0 aliphatic rings. The molecule has 0 aliphatic heterocycles. The highest BCUT2D eigenvalue weighted by Gasteiger charge is 2.26. The molecular weight excluding hydrogens is 224 g/mol. The van der Waals surface area contributed by atoms with Crippen LogP contribution in [0.2, 0.25) is 0 Å². The van der Waals surface area contributed by atoms with Crippen molar-refractivity contribution in [3.63, 3.8) is 0 Å². The van der Waals surface area contributed by atoms with Crippen LogP contribution in [0.15, 0.2) is 0 Å². The highest BCUT2D eigenvalue weighted by molar-refractivity contribution is 5.06. The Labute approximate surface area is 111 Å². The lowest BCUT2D eigenvalue weighted by Gasteiger charge is -2.27. The number of rotatable bonds is 6. The zero-order valence-electron chi connectivity index (χ0n) is 12.5. The van der Waals surface area contributed by atoms with E-state index in [4.69, 9.17) is 5.73 Å².